The minimum Gasteiger partial charge on any atom is -0.250 e. The zero-order valence-corrected chi connectivity index (χ0v) is 14.7. The van der Waals surface area contributed by atoms with Gasteiger partial charge in [0.15, 0.2) is 5.82 Å². The van der Waals surface area contributed by atoms with Crippen LogP contribution >= 0.6 is 39.7 Å². The molecule has 0 spiro atoms. The van der Waals surface area contributed by atoms with E-state index >= 15 is 0 Å². The second kappa shape index (κ2) is 6.74. The molecular weight excluding hydrogens is 403 g/mol. The summed E-state index contributed by atoms with van der Waals surface area (Å²) in [4.78, 5) is 0. The lowest BCUT2D eigenvalue weighted by molar-refractivity contribution is 0.625. The monoisotopic (exact) mass is 410 g/mol. The highest BCUT2D eigenvalue weighted by molar-refractivity contribution is 9.10. The van der Waals surface area contributed by atoms with Crippen LogP contribution in [-0.2, 0) is 0 Å². The average Bonchev–Trinajstić information content (AvgIpc) is 2.90. The highest BCUT2D eigenvalue weighted by Gasteiger charge is 2.08. The van der Waals surface area contributed by atoms with Crippen molar-refractivity contribution >= 4 is 46.0 Å². The Balaban J connectivity index is 2.02. The first-order valence-corrected chi connectivity index (χ1v) is 8.05. The van der Waals surface area contributed by atoms with Crippen molar-refractivity contribution in [1.82, 2.24) is 14.9 Å². The average molecular weight is 412 g/mol. The molecule has 3 rings (SSSR count). The number of halogens is 3. The second-order valence-corrected chi connectivity index (χ2v) is 6.32. The molecule has 116 valence electrons. The first-order chi connectivity index (χ1) is 11.0. The van der Waals surface area contributed by atoms with Crippen molar-refractivity contribution in [2.75, 3.05) is 0 Å². The Hall–Kier alpha value is -1.83. The fourth-order valence-electron chi connectivity index (χ4n) is 1.92. The summed E-state index contributed by atoms with van der Waals surface area (Å²) in [5, 5.41) is 11.7. The van der Waals surface area contributed by atoms with Crippen LogP contribution < -0.4 is 0 Å². The first-order valence-electron chi connectivity index (χ1n) is 6.47. The Morgan fingerprint density at radius 2 is 2.00 bits per heavy atom. The van der Waals surface area contributed by atoms with Crippen LogP contribution in [0.3, 0.4) is 0 Å². The Bertz CT molecular complexity index is 933. The van der Waals surface area contributed by atoms with Crippen LogP contribution in [0.1, 0.15) is 5.56 Å². The molecular formula is C15H9BrClFN4S. The molecule has 0 saturated carbocycles. The van der Waals surface area contributed by atoms with Crippen molar-refractivity contribution in [2.45, 2.75) is 0 Å². The number of benzene rings is 2. The molecule has 3 aromatic rings. The van der Waals surface area contributed by atoms with Crippen LogP contribution in [0.2, 0.25) is 5.02 Å². The van der Waals surface area contributed by atoms with E-state index in [9.17, 15) is 4.39 Å². The Morgan fingerprint density at radius 1 is 1.26 bits per heavy atom. The Kier molecular flexibility index (Phi) is 4.70. The highest BCUT2D eigenvalue weighted by Crippen LogP contribution is 2.20. The quantitative estimate of drug-likeness (QED) is 0.484. The molecule has 0 aliphatic carbocycles. The number of hydrogen-bond acceptors (Lipinski definition) is 3. The summed E-state index contributed by atoms with van der Waals surface area (Å²) in [6.45, 7) is 0. The summed E-state index contributed by atoms with van der Waals surface area (Å²) in [5.74, 6) is 0.137. The molecule has 0 fully saturated rings. The molecule has 23 heavy (non-hydrogen) atoms. The number of aromatic amines is 1. The van der Waals surface area contributed by atoms with Gasteiger partial charge in [0, 0.05) is 20.6 Å². The Morgan fingerprint density at radius 3 is 2.74 bits per heavy atom. The molecule has 2 aromatic carbocycles. The zero-order chi connectivity index (χ0) is 16.4. The van der Waals surface area contributed by atoms with E-state index in [2.05, 4.69) is 31.2 Å². The lowest BCUT2D eigenvalue weighted by Crippen LogP contribution is -1.96. The van der Waals surface area contributed by atoms with Crippen LogP contribution in [0, 0.1) is 10.6 Å². The van der Waals surface area contributed by atoms with E-state index in [0.717, 1.165) is 10.0 Å². The number of nitrogens with one attached hydrogen (secondary N) is 1. The van der Waals surface area contributed by atoms with Gasteiger partial charge in [0.05, 0.1) is 6.21 Å². The van der Waals surface area contributed by atoms with Crippen LogP contribution in [0.5, 0.6) is 0 Å². The SMILES string of the molecule is Fc1ccc(Br)cc1/C=N/n1c(-c2ccc(Cl)cc2)n[nH]c1=S. The predicted octanol–water partition coefficient (Wildman–Crippen LogP) is 5.04. The molecule has 8 heteroatoms. The molecule has 0 atom stereocenters. The standard InChI is InChI=1S/C15H9BrClFN4S/c16-11-3-6-13(18)10(7-11)8-19-22-14(20-21-15(22)23)9-1-4-12(17)5-2-9/h1-8H,(H,21,23)/b19-8+. The molecule has 0 aliphatic heterocycles. The maximum atomic E-state index is 13.8. The highest BCUT2D eigenvalue weighted by atomic mass is 79.9. The van der Waals surface area contributed by atoms with Gasteiger partial charge in [-0.25, -0.2) is 9.49 Å². The predicted molar refractivity (Wildman–Crippen MR) is 94.9 cm³/mol. The maximum absolute atomic E-state index is 13.8. The van der Waals surface area contributed by atoms with E-state index < -0.39 is 0 Å². The fraction of sp³-hybridized carbons (Fsp3) is 0. The van der Waals surface area contributed by atoms with Crippen molar-refractivity contribution in [2.24, 2.45) is 5.10 Å². The van der Waals surface area contributed by atoms with E-state index in [4.69, 9.17) is 23.8 Å². The maximum Gasteiger partial charge on any atom is 0.216 e. The van der Waals surface area contributed by atoms with Crippen LogP contribution in [0.4, 0.5) is 4.39 Å². The smallest absolute Gasteiger partial charge is 0.216 e. The molecule has 0 radical (unpaired) electrons. The minimum atomic E-state index is -0.375. The van der Waals surface area contributed by atoms with E-state index in [1.807, 2.05) is 0 Å². The van der Waals surface area contributed by atoms with Crippen LogP contribution in [-0.4, -0.2) is 21.1 Å². The second-order valence-electron chi connectivity index (χ2n) is 4.58. The van der Waals surface area contributed by atoms with Gasteiger partial charge in [-0.1, -0.05) is 27.5 Å². The number of hydrogen-bond donors (Lipinski definition) is 1. The summed E-state index contributed by atoms with van der Waals surface area (Å²) in [7, 11) is 0. The fourth-order valence-corrected chi connectivity index (χ4v) is 2.60. The normalized spacial score (nSPS) is 11.3. The first kappa shape index (κ1) is 16.0. The van der Waals surface area contributed by atoms with E-state index in [1.54, 1.807) is 36.4 Å². The van der Waals surface area contributed by atoms with Gasteiger partial charge in [-0.2, -0.15) is 14.9 Å². The van der Waals surface area contributed by atoms with E-state index in [-0.39, 0.29) is 5.82 Å². The number of H-pyrrole nitrogens is 1. The lowest BCUT2D eigenvalue weighted by atomic mass is 10.2. The van der Waals surface area contributed by atoms with Gasteiger partial charge in [0.25, 0.3) is 0 Å². The van der Waals surface area contributed by atoms with Crippen molar-refractivity contribution in [1.29, 1.82) is 0 Å². The summed E-state index contributed by atoms with van der Waals surface area (Å²) < 4.78 is 16.3. The lowest BCUT2D eigenvalue weighted by Gasteiger charge is -2.02. The molecule has 1 aromatic heterocycles. The van der Waals surface area contributed by atoms with Crippen molar-refractivity contribution in [3.05, 3.63) is 68.1 Å². The minimum absolute atomic E-state index is 0.307. The molecule has 0 bridgehead atoms. The van der Waals surface area contributed by atoms with Crippen molar-refractivity contribution in [3.8, 4) is 11.4 Å². The van der Waals surface area contributed by atoms with Gasteiger partial charge in [-0.05, 0) is 54.7 Å². The molecule has 4 nitrogen and oxygen atoms in total. The summed E-state index contributed by atoms with van der Waals surface area (Å²) in [5.41, 5.74) is 1.12. The van der Waals surface area contributed by atoms with Gasteiger partial charge in [0.2, 0.25) is 4.77 Å². The van der Waals surface area contributed by atoms with Gasteiger partial charge in [-0.3, -0.25) is 0 Å². The van der Waals surface area contributed by atoms with Gasteiger partial charge < -0.3 is 0 Å². The molecule has 1 heterocycles. The van der Waals surface area contributed by atoms with Crippen LogP contribution in [0.25, 0.3) is 11.4 Å². The summed E-state index contributed by atoms with van der Waals surface area (Å²) in [6.07, 6.45) is 1.39. The molecule has 1 N–H and O–H groups in total. The van der Waals surface area contributed by atoms with Crippen LogP contribution in [0.15, 0.2) is 52.0 Å². The number of nitrogens with zero attached hydrogens (tertiary/aromatic N) is 3. The summed E-state index contributed by atoms with van der Waals surface area (Å²) in [6, 6.07) is 11.7. The molecule has 0 saturated heterocycles. The van der Waals surface area contributed by atoms with Crippen molar-refractivity contribution < 1.29 is 4.39 Å². The van der Waals surface area contributed by atoms with Gasteiger partial charge in [0.1, 0.15) is 5.82 Å². The summed E-state index contributed by atoms with van der Waals surface area (Å²) >= 11 is 14.4. The largest absolute Gasteiger partial charge is 0.250 e. The number of rotatable bonds is 3. The van der Waals surface area contributed by atoms with Crippen molar-refractivity contribution in [3.63, 3.8) is 0 Å². The van der Waals surface area contributed by atoms with E-state index in [1.165, 1.54) is 17.0 Å². The third-order valence-electron chi connectivity index (χ3n) is 3.02. The number of aromatic nitrogens is 3. The topological polar surface area (TPSA) is 46.0 Å². The third-order valence-corrected chi connectivity index (χ3v) is 4.03. The Labute approximate surface area is 149 Å². The van der Waals surface area contributed by atoms with Gasteiger partial charge in [-0.15, -0.1) is 0 Å². The molecule has 0 amide bonds. The van der Waals surface area contributed by atoms with E-state index in [0.29, 0.717) is 21.2 Å². The van der Waals surface area contributed by atoms with Gasteiger partial charge >= 0.3 is 0 Å². The third kappa shape index (κ3) is 3.57. The molecule has 0 unspecified atom stereocenters. The molecule has 0 aliphatic rings. The zero-order valence-electron chi connectivity index (χ0n) is 11.5.